The molecule has 1 saturated heterocycles. The van der Waals surface area contributed by atoms with E-state index in [-0.39, 0.29) is 0 Å². The van der Waals surface area contributed by atoms with Crippen molar-refractivity contribution in [2.24, 2.45) is 0 Å². The Kier molecular flexibility index (Phi) is 5.87. The molecule has 6 atom stereocenters. The molecule has 1 rings (SSSR count). The van der Waals surface area contributed by atoms with Crippen LogP contribution in [0.2, 0.25) is 0 Å². The maximum absolute atomic E-state index is 11.5. The molecule has 0 aromatic heterocycles. The highest BCUT2D eigenvalue weighted by atomic mass is 31.2. The van der Waals surface area contributed by atoms with E-state index in [1.807, 2.05) is 0 Å². The van der Waals surface area contributed by atoms with Crippen LogP contribution in [0.25, 0.3) is 0 Å². The number of aliphatic hydroxyl groups excluding tert-OH is 4. The van der Waals surface area contributed by atoms with Gasteiger partial charge in [-0.3, -0.25) is 13.7 Å². The molecule has 0 aromatic rings. The summed E-state index contributed by atoms with van der Waals surface area (Å²) >= 11 is 0. The van der Waals surface area contributed by atoms with Crippen LogP contribution in [0.1, 0.15) is 0 Å². The van der Waals surface area contributed by atoms with Gasteiger partial charge in [0.1, 0.15) is 24.4 Å². The van der Waals surface area contributed by atoms with Gasteiger partial charge < -0.3 is 39.8 Å². The molecule has 1 aliphatic heterocycles. The van der Waals surface area contributed by atoms with Crippen LogP contribution in [0.3, 0.4) is 0 Å². The van der Waals surface area contributed by atoms with Gasteiger partial charge in [0.2, 0.25) is 0 Å². The predicted molar refractivity (Wildman–Crippen MR) is 61.6 cm³/mol. The molecule has 0 spiro atoms. The topological polar surface area (TPSA) is 194 Å². The Labute approximate surface area is 113 Å². The summed E-state index contributed by atoms with van der Waals surface area (Å²) in [5.74, 6) is -1.50. The van der Waals surface area contributed by atoms with Crippen LogP contribution in [0.15, 0.2) is 0 Å². The van der Waals surface area contributed by atoms with Crippen molar-refractivity contribution in [3.63, 3.8) is 0 Å². The average Bonchev–Trinajstić information content (AvgIpc) is 2.26. The van der Waals surface area contributed by atoms with Crippen molar-refractivity contribution in [3.8, 4) is 0 Å². The van der Waals surface area contributed by atoms with Crippen molar-refractivity contribution in [2.45, 2.75) is 30.7 Å². The fourth-order valence-corrected chi connectivity index (χ4v) is 4.21. The van der Waals surface area contributed by atoms with Crippen molar-refractivity contribution >= 4 is 15.2 Å². The maximum atomic E-state index is 11.5. The van der Waals surface area contributed by atoms with E-state index in [9.17, 15) is 29.3 Å². The highest BCUT2D eigenvalue weighted by Gasteiger charge is 2.47. The van der Waals surface area contributed by atoms with E-state index in [4.69, 9.17) is 19.6 Å². The van der Waals surface area contributed by atoms with Gasteiger partial charge in [0.15, 0.2) is 12.2 Å². The minimum atomic E-state index is -4.86. The third-order valence-corrected chi connectivity index (χ3v) is 5.92. The number of hydrogen-bond donors (Lipinski definition) is 7. The monoisotopic (exact) mass is 338 g/mol. The van der Waals surface area contributed by atoms with Crippen LogP contribution in [-0.4, -0.2) is 78.3 Å². The standard InChI is InChI=1S/C7H16O11P2/c8-1-3-4(9)5(10)6(11)7(17-3)18-20(15,16)2-19(12,13)14/h3-11H,1-2H2,(H,15,16)(H2,12,13,14)/t3-,4-,5+,6-,7-/m1/s1. The minimum Gasteiger partial charge on any atom is -0.394 e. The Morgan fingerprint density at radius 1 is 1.00 bits per heavy atom. The van der Waals surface area contributed by atoms with Crippen LogP contribution >= 0.6 is 15.2 Å². The van der Waals surface area contributed by atoms with Gasteiger partial charge in [-0.15, -0.1) is 0 Å². The molecule has 13 heteroatoms. The Balaban J connectivity index is 2.80. The summed E-state index contributed by atoms with van der Waals surface area (Å²) < 4.78 is 31.3. The second kappa shape index (κ2) is 6.47. The quantitative estimate of drug-likeness (QED) is 0.254. The number of rotatable bonds is 5. The number of hydrogen-bond acceptors (Lipinski definition) is 8. The fourth-order valence-electron chi connectivity index (χ4n) is 1.58. The lowest BCUT2D eigenvalue weighted by atomic mass is 10.00. The molecule has 1 unspecified atom stereocenters. The third-order valence-electron chi connectivity index (χ3n) is 2.48. The van der Waals surface area contributed by atoms with Gasteiger partial charge >= 0.3 is 15.2 Å². The second-order valence-corrected chi connectivity index (χ2v) is 8.19. The first-order valence-corrected chi connectivity index (χ1v) is 8.88. The molecule has 0 amide bonds. The molecule has 120 valence electrons. The average molecular weight is 338 g/mol. The SMILES string of the molecule is O=P(O)(O)CP(=O)(O)O[C@H]1O[C@H](CO)[C@@H](O)[C@H](O)[C@H]1O. The minimum absolute atomic E-state index is 0.779. The second-order valence-electron chi connectivity index (χ2n) is 4.25. The van der Waals surface area contributed by atoms with Crippen LogP contribution in [0.5, 0.6) is 0 Å². The summed E-state index contributed by atoms with van der Waals surface area (Å²) in [5.41, 5.74) is 0. The van der Waals surface area contributed by atoms with Gasteiger partial charge in [0, 0.05) is 0 Å². The van der Waals surface area contributed by atoms with Crippen LogP contribution in [0, 0.1) is 0 Å². The first-order chi connectivity index (χ1) is 8.97. The van der Waals surface area contributed by atoms with E-state index in [2.05, 4.69) is 4.52 Å². The molecular weight excluding hydrogens is 322 g/mol. The van der Waals surface area contributed by atoms with Crippen molar-refractivity contribution in [3.05, 3.63) is 0 Å². The smallest absolute Gasteiger partial charge is 0.342 e. The largest absolute Gasteiger partial charge is 0.394 e. The zero-order valence-corrected chi connectivity index (χ0v) is 11.7. The fraction of sp³-hybridized carbons (Fsp3) is 1.00. The predicted octanol–water partition coefficient (Wildman–Crippen LogP) is -2.88. The van der Waals surface area contributed by atoms with Crippen LogP contribution < -0.4 is 0 Å². The summed E-state index contributed by atoms with van der Waals surface area (Å²) in [6.45, 7) is -0.779. The summed E-state index contributed by atoms with van der Waals surface area (Å²) in [5, 5.41) is 37.2. The molecule has 20 heavy (non-hydrogen) atoms. The molecule has 1 fully saturated rings. The van der Waals surface area contributed by atoms with Crippen molar-refractivity contribution < 1.29 is 53.5 Å². The molecule has 0 radical (unpaired) electrons. The molecular formula is C7H16O11P2. The van der Waals surface area contributed by atoms with E-state index >= 15 is 0 Å². The maximum Gasteiger partial charge on any atom is 0.342 e. The third kappa shape index (κ3) is 4.83. The Morgan fingerprint density at radius 3 is 2.00 bits per heavy atom. The first kappa shape index (κ1) is 18.1. The lowest BCUT2D eigenvalue weighted by molar-refractivity contribution is -0.278. The first-order valence-electron chi connectivity index (χ1n) is 5.32. The molecule has 1 heterocycles. The van der Waals surface area contributed by atoms with Crippen molar-refractivity contribution in [1.82, 2.24) is 0 Å². The van der Waals surface area contributed by atoms with Gasteiger partial charge in [-0.2, -0.15) is 0 Å². The van der Waals surface area contributed by atoms with E-state index in [0.717, 1.165) is 0 Å². The van der Waals surface area contributed by atoms with Gasteiger partial charge in [-0.05, 0) is 0 Å². The van der Waals surface area contributed by atoms with Gasteiger partial charge in [0.05, 0.1) is 6.61 Å². The molecule has 1 aliphatic rings. The highest BCUT2D eigenvalue weighted by molar-refractivity contribution is 7.70. The molecule has 0 aromatic carbocycles. The summed E-state index contributed by atoms with van der Waals surface area (Å²) in [4.78, 5) is 26.5. The lowest BCUT2D eigenvalue weighted by Crippen LogP contribution is -2.58. The Morgan fingerprint density at radius 2 is 1.55 bits per heavy atom. The molecule has 7 N–H and O–H groups in total. The van der Waals surface area contributed by atoms with Gasteiger partial charge in [-0.1, -0.05) is 0 Å². The summed E-state index contributed by atoms with van der Waals surface area (Å²) in [7, 11) is -9.69. The molecule has 0 saturated carbocycles. The Hall–Kier alpha value is 0.100. The zero-order valence-electron chi connectivity index (χ0n) is 9.96. The van der Waals surface area contributed by atoms with Crippen LogP contribution in [0.4, 0.5) is 0 Å². The van der Waals surface area contributed by atoms with E-state index in [1.165, 1.54) is 0 Å². The van der Waals surface area contributed by atoms with Crippen molar-refractivity contribution in [1.29, 1.82) is 0 Å². The summed E-state index contributed by atoms with van der Waals surface area (Å²) in [6.07, 6.45) is -8.76. The van der Waals surface area contributed by atoms with Crippen molar-refractivity contribution in [2.75, 3.05) is 12.5 Å². The zero-order chi connectivity index (χ0) is 15.7. The Bertz CT molecular complexity index is 419. The number of ether oxygens (including phenoxy) is 1. The number of aliphatic hydroxyl groups is 4. The summed E-state index contributed by atoms with van der Waals surface area (Å²) in [6, 6.07) is 0. The molecule has 0 aliphatic carbocycles. The lowest BCUT2D eigenvalue weighted by Gasteiger charge is -2.39. The molecule has 0 bridgehead atoms. The molecule has 11 nitrogen and oxygen atoms in total. The van der Waals surface area contributed by atoms with E-state index in [0.29, 0.717) is 0 Å². The van der Waals surface area contributed by atoms with Crippen LogP contribution in [-0.2, 0) is 18.4 Å². The van der Waals surface area contributed by atoms with Gasteiger partial charge in [0.25, 0.3) is 0 Å². The normalized spacial score (nSPS) is 38.5. The van der Waals surface area contributed by atoms with Gasteiger partial charge in [-0.25, -0.2) is 0 Å². The van der Waals surface area contributed by atoms with E-state index in [1.54, 1.807) is 0 Å². The van der Waals surface area contributed by atoms with E-state index < -0.39 is 58.4 Å². The highest BCUT2D eigenvalue weighted by Crippen LogP contribution is 2.56.